The monoisotopic (exact) mass is 536 g/mol. The fourth-order valence-electron chi connectivity index (χ4n) is 5.29. The van der Waals surface area contributed by atoms with Crippen LogP contribution in [0.15, 0.2) is 90.1 Å². The summed E-state index contributed by atoms with van der Waals surface area (Å²) in [5.41, 5.74) is 9.75. The van der Waals surface area contributed by atoms with Gasteiger partial charge in [-0.3, -0.25) is 4.79 Å². The van der Waals surface area contributed by atoms with Crippen molar-refractivity contribution in [1.29, 1.82) is 5.26 Å². The second-order valence-corrected chi connectivity index (χ2v) is 9.77. The van der Waals surface area contributed by atoms with Gasteiger partial charge in [0, 0.05) is 17.7 Å². The number of nitriles is 1. The molecule has 2 atom stereocenters. The molecule has 202 valence electrons. The van der Waals surface area contributed by atoms with E-state index in [0.717, 1.165) is 16.5 Å². The van der Waals surface area contributed by atoms with Crippen molar-refractivity contribution in [3.05, 3.63) is 96.2 Å². The average molecular weight is 537 g/mol. The van der Waals surface area contributed by atoms with E-state index in [1.807, 2.05) is 78.5 Å². The molecule has 1 fully saturated rings. The molecule has 3 aromatic carbocycles. The number of fused-ring (bicyclic) bond motifs is 1. The van der Waals surface area contributed by atoms with Gasteiger partial charge >= 0.3 is 12.2 Å². The van der Waals surface area contributed by atoms with Gasteiger partial charge in [0.1, 0.15) is 26.2 Å². The van der Waals surface area contributed by atoms with Gasteiger partial charge in [-0.05, 0) is 35.9 Å². The third-order valence-corrected chi connectivity index (χ3v) is 7.54. The summed E-state index contributed by atoms with van der Waals surface area (Å²) in [7, 11) is 5.07. The molecule has 1 aliphatic rings. The van der Waals surface area contributed by atoms with Crippen LogP contribution in [0.2, 0.25) is 0 Å². The fraction of sp³-hybridized carbons (Fsp3) is 0.226. The van der Waals surface area contributed by atoms with E-state index in [1.54, 1.807) is 30.2 Å². The number of hydrogen-bond donors (Lipinski definition) is 1. The van der Waals surface area contributed by atoms with Crippen LogP contribution in [0.3, 0.4) is 0 Å². The molecule has 1 aromatic heterocycles. The van der Waals surface area contributed by atoms with Crippen molar-refractivity contribution < 1.29 is 23.3 Å². The van der Waals surface area contributed by atoms with Gasteiger partial charge in [0.15, 0.2) is 17.7 Å². The van der Waals surface area contributed by atoms with E-state index in [2.05, 4.69) is 6.19 Å². The number of rotatable bonds is 5. The number of nitrogens with two attached hydrogens (primary N) is 1. The van der Waals surface area contributed by atoms with Crippen LogP contribution in [0.25, 0.3) is 10.9 Å². The summed E-state index contributed by atoms with van der Waals surface area (Å²) in [5, 5.41) is 11.4. The standard InChI is InChI=1S/C31H31N6O3/c1-35-16-8-11-24-25(12-7-13-26(24)35)34-31(33)37(21-32)18-17-36(27(20-37)22-9-5-4-6-10-22)30(38)23-14-15-28(39-2)29(19-23)40-3/h4-16,19,27,33H,17-18,20H2,1-3H3/q+1/p+1. The second kappa shape index (κ2) is 11.0. The van der Waals surface area contributed by atoms with Gasteiger partial charge in [0.25, 0.3) is 5.91 Å². The molecule has 0 spiro atoms. The number of guanidine groups is 1. The Balaban J connectivity index is 1.53. The van der Waals surface area contributed by atoms with E-state index in [4.69, 9.17) is 20.2 Å². The van der Waals surface area contributed by atoms with Gasteiger partial charge in [0.2, 0.25) is 5.52 Å². The summed E-state index contributed by atoms with van der Waals surface area (Å²) in [5.74, 6) is 1.05. The molecule has 2 N–H and O–H groups in total. The van der Waals surface area contributed by atoms with Gasteiger partial charge in [-0.1, -0.05) is 36.4 Å². The molecule has 9 heteroatoms. The Kier molecular flexibility index (Phi) is 7.36. The van der Waals surface area contributed by atoms with E-state index in [-0.39, 0.29) is 22.9 Å². The summed E-state index contributed by atoms with van der Waals surface area (Å²) in [6.45, 7) is 0.862. The van der Waals surface area contributed by atoms with Crippen LogP contribution in [0.5, 0.6) is 11.5 Å². The number of amides is 1. The fourth-order valence-corrected chi connectivity index (χ4v) is 5.29. The first-order valence-electron chi connectivity index (χ1n) is 13.0. The first-order chi connectivity index (χ1) is 19.4. The van der Waals surface area contributed by atoms with Crippen molar-refractivity contribution >= 4 is 28.5 Å². The Morgan fingerprint density at radius 2 is 1.82 bits per heavy atom. The van der Waals surface area contributed by atoms with Crippen LogP contribution in [0, 0.1) is 11.5 Å². The van der Waals surface area contributed by atoms with Crippen molar-refractivity contribution in [2.45, 2.75) is 6.04 Å². The Bertz CT molecular complexity index is 1630. The predicted molar refractivity (Wildman–Crippen MR) is 152 cm³/mol. The summed E-state index contributed by atoms with van der Waals surface area (Å²) in [4.78, 5) is 20.5. The summed E-state index contributed by atoms with van der Waals surface area (Å²) >= 11 is 0. The van der Waals surface area contributed by atoms with Crippen LogP contribution in [-0.4, -0.2) is 55.1 Å². The van der Waals surface area contributed by atoms with Crippen LogP contribution in [0.4, 0.5) is 5.69 Å². The third kappa shape index (κ3) is 4.81. The molecule has 1 aliphatic heterocycles. The Morgan fingerprint density at radius 3 is 2.55 bits per heavy atom. The number of carbonyl (C=O) groups is 1. The van der Waals surface area contributed by atoms with Crippen LogP contribution in [-0.2, 0) is 7.05 Å². The van der Waals surface area contributed by atoms with Crippen molar-refractivity contribution in [2.75, 3.05) is 33.9 Å². The van der Waals surface area contributed by atoms with Gasteiger partial charge < -0.3 is 20.1 Å². The van der Waals surface area contributed by atoms with Gasteiger partial charge in [-0.25, -0.2) is 4.57 Å². The summed E-state index contributed by atoms with van der Waals surface area (Å²) in [6.07, 6.45) is 4.41. The Hall–Kier alpha value is -4.94. The van der Waals surface area contributed by atoms with E-state index < -0.39 is 6.04 Å². The second-order valence-electron chi connectivity index (χ2n) is 9.77. The third-order valence-electron chi connectivity index (χ3n) is 7.54. The average Bonchev–Trinajstić information content (AvgIpc) is 3.01. The van der Waals surface area contributed by atoms with Gasteiger partial charge in [0.05, 0.1) is 31.8 Å². The lowest BCUT2D eigenvalue weighted by molar-refractivity contribution is -0.785. The quantitative estimate of drug-likeness (QED) is 0.137. The molecule has 1 saturated heterocycles. The summed E-state index contributed by atoms with van der Waals surface area (Å²) in [6, 6.07) is 24.2. The number of quaternary nitrogens is 1. The SMILES string of the molecule is COc1ccc(C(=O)N2CC[N+](C#N)(C(N)=Nc3cccc4c3ccc[n+]4C)CC2c2ccccc2)cc1OC. The molecule has 0 bridgehead atoms. The zero-order chi connectivity index (χ0) is 28.3. The van der Waals surface area contributed by atoms with Crippen molar-refractivity contribution in [1.82, 2.24) is 4.90 Å². The molecule has 0 saturated carbocycles. The Labute approximate surface area is 233 Å². The van der Waals surface area contributed by atoms with Crippen molar-refractivity contribution in [2.24, 2.45) is 17.8 Å². The number of piperazine rings is 1. The number of carbonyl (C=O) groups excluding carboxylic acids is 1. The number of methoxy groups -OCH3 is 2. The number of benzene rings is 3. The number of nitrogens with zero attached hydrogens (tertiary/aromatic N) is 5. The number of ether oxygens (including phenoxy) is 2. The van der Waals surface area contributed by atoms with Crippen LogP contribution < -0.4 is 19.8 Å². The maximum Gasteiger partial charge on any atom is 0.316 e. The van der Waals surface area contributed by atoms with E-state index in [0.29, 0.717) is 35.8 Å². The Morgan fingerprint density at radius 1 is 1.05 bits per heavy atom. The highest BCUT2D eigenvalue weighted by atomic mass is 16.5. The lowest BCUT2D eigenvalue weighted by Crippen LogP contribution is -2.63. The van der Waals surface area contributed by atoms with Crippen LogP contribution in [0.1, 0.15) is 22.0 Å². The molecular weight excluding hydrogens is 504 g/mol. The molecule has 1 amide bonds. The minimum absolute atomic E-state index is 0.164. The lowest BCUT2D eigenvalue weighted by Gasteiger charge is -2.42. The first-order valence-corrected chi connectivity index (χ1v) is 13.0. The predicted octanol–water partition coefficient (Wildman–Crippen LogP) is 3.82. The van der Waals surface area contributed by atoms with Gasteiger partial charge in [-0.15, -0.1) is 5.26 Å². The summed E-state index contributed by atoms with van der Waals surface area (Å²) < 4.78 is 12.6. The van der Waals surface area contributed by atoms with E-state index in [1.165, 1.54) is 7.11 Å². The number of aryl methyl sites for hydroxylation is 1. The molecule has 2 heterocycles. The largest absolute Gasteiger partial charge is 0.493 e. The zero-order valence-corrected chi connectivity index (χ0v) is 22.8. The normalized spacial score (nSPS) is 19.2. The number of hydrogen-bond acceptors (Lipinski definition) is 5. The van der Waals surface area contributed by atoms with Crippen LogP contribution >= 0.6 is 0 Å². The molecule has 4 aromatic rings. The lowest BCUT2D eigenvalue weighted by atomic mass is 9.99. The van der Waals surface area contributed by atoms with Crippen molar-refractivity contribution in [3.8, 4) is 17.7 Å². The highest BCUT2D eigenvalue weighted by molar-refractivity contribution is 5.95. The smallest absolute Gasteiger partial charge is 0.316 e. The zero-order valence-electron chi connectivity index (χ0n) is 22.8. The molecule has 2 unspecified atom stereocenters. The molecule has 0 radical (unpaired) electrons. The molecule has 9 nitrogen and oxygen atoms in total. The molecule has 5 rings (SSSR count). The topological polar surface area (TPSA) is 105 Å². The van der Waals surface area contributed by atoms with E-state index in [9.17, 15) is 10.1 Å². The minimum atomic E-state index is -0.408. The number of aromatic nitrogens is 1. The first kappa shape index (κ1) is 26.7. The highest BCUT2D eigenvalue weighted by Crippen LogP contribution is 2.34. The maximum atomic E-state index is 13.9. The molecule has 40 heavy (non-hydrogen) atoms. The maximum absolute atomic E-state index is 13.9. The van der Waals surface area contributed by atoms with E-state index >= 15 is 0 Å². The number of pyridine rings is 1. The van der Waals surface area contributed by atoms with Crippen molar-refractivity contribution in [3.63, 3.8) is 0 Å². The molecular formula is C31H32N6O3+2. The number of aliphatic imine (C=N–C) groups is 1. The van der Waals surface area contributed by atoms with Gasteiger partial charge in [-0.2, -0.15) is 9.48 Å². The highest BCUT2D eigenvalue weighted by Gasteiger charge is 2.46. The minimum Gasteiger partial charge on any atom is -0.493 e. The molecule has 0 aliphatic carbocycles.